The van der Waals surface area contributed by atoms with E-state index in [0.717, 1.165) is 24.4 Å². The summed E-state index contributed by atoms with van der Waals surface area (Å²) in [6, 6.07) is 0. The molecule has 0 fully saturated rings. The van der Waals surface area contributed by atoms with Gasteiger partial charge in [-0.15, -0.1) is 0 Å². The van der Waals surface area contributed by atoms with Crippen molar-refractivity contribution in [2.75, 3.05) is 0 Å². The molecule has 0 aliphatic rings. The van der Waals surface area contributed by atoms with Crippen molar-refractivity contribution >= 4 is 0 Å². The maximum absolute atomic E-state index is 4.15. The Balaban J connectivity index is 0.000000810. The number of aryl methyl sites for hydroxylation is 2. The van der Waals surface area contributed by atoms with Gasteiger partial charge in [-0.05, 0) is 13.3 Å². The fourth-order valence-electron chi connectivity index (χ4n) is 0.831. The summed E-state index contributed by atoms with van der Waals surface area (Å²) in [5.74, 6) is 1.11. The average Bonchev–Trinajstić information content (AvgIpc) is 2.17. The molecule has 0 saturated carbocycles. The zero-order valence-electron chi connectivity index (χ0n) is 6.44. The van der Waals surface area contributed by atoms with Gasteiger partial charge in [-0.1, -0.05) is 6.92 Å². The fourth-order valence-corrected chi connectivity index (χ4v) is 0.831. The second-order valence-corrected chi connectivity index (χ2v) is 2.26. The van der Waals surface area contributed by atoms with Gasteiger partial charge in [0.1, 0.15) is 5.82 Å². The molecule has 0 aliphatic carbocycles. The van der Waals surface area contributed by atoms with Crippen LogP contribution >= 0.6 is 0 Å². The lowest BCUT2D eigenvalue weighted by Gasteiger charge is -1.87. The van der Waals surface area contributed by atoms with Gasteiger partial charge >= 0.3 is 0 Å². The third-order valence-corrected chi connectivity index (χ3v) is 1.24. The molecule has 0 unspecified atom stereocenters. The van der Waals surface area contributed by atoms with E-state index in [1.807, 2.05) is 13.1 Å². The lowest BCUT2D eigenvalue weighted by Crippen LogP contribution is -1.84. The van der Waals surface area contributed by atoms with E-state index >= 15 is 0 Å². The average molecular weight is 142 g/mol. The number of hydrogen-bond donors (Lipinski definition) is 1. The van der Waals surface area contributed by atoms with Crippen molar-refractivity contribution in [2.45, 2.75) is 26.7 Å². The number of aromatic amines is 1. The molecular weight excluding hydrogens is 128 g/mol. The van der Waals surface area contributed by atoms with E-state index < -0.39 is 0 Å². The molecular formula is C7H14N2O. The lowest BCUT2D eigenvalue weighted by atomic mass is 10.3. The predicted octanol–water partition coefficient (Wildman–Crippen LogP) is 0.846. The SMILES string of the molecule is CCCc1ncc(C)[nH]1.O. The van der Waals surface area contributed by atoms with E-state index in [4.69, 9.17) is 0 Å². The second kappa shape index (κ2) is 4.06. The molecule has 3 nitrogen and oxygen atoms in total. The summed E-state index contributed by atoms with van der Waals surface area (Å²) in [4.78, 5) is 7.32. The van der Waals surface area contributed by atoms with Crippen molar-refractivity contribution in [1.82, 2.24) is 9.97 Å². The fraction of sp³-hybridized carbons (Fsp3) is 0.571. The highest BCUT2D eigenvalue weighted by Gasteiger charge is 1.92. The summed E-state index contributed by atoms with van der Waals surface area (Å²) >= 11 is 0. The maximum atomic E-state index is 4.15. The van der Waals surface area contributed by atoms with Crippen LogP contribution in [0.2, 0.25) is 0 Å². The van der Waals surface area contributed by atoms with E-state index in [2.05, 4.69) is 16.9 Å². The van der Waals surface area contributed by atoms with Crippen LogP contribution in [0, 0.1) is 6.92 Å². The lowest BCUT2D eigenvalue weighted by molar-refractivity contribution is 0.824. The van der Waals surface area contributed by atoms with Gasteiger partial charge in [0.2, 0.25) is 0 Å². The van der Waals surface area contributed by atoms with E-state index in [9.17, 15) is 0 Å². The topological polar surface area (TPSA) is 60.2 Å². The summed E-state index contributed by atoms with van der Waals surface area (Å²) in [5, 5.41) is 0. The molecule has 0 amide bonds. The Morgan fingerprint density at radius 2 is 2.30 bits per heavy atom. The minimum Gasteiger partial charge on any atom is -0.412 e. The van der Waals surface area contributed by atoms with Crippen molar-refractivity contribution in [3.05, 3.63) is 17.7 Å². The first-order valence-electron chi connectivity index (χ1n) is 3.33. The minimum atomic E-state index is 0. The molecule has 0 aromatic carbocycles. The molecule has 58 valence electrons. The number of H-pyrrole nitrogens is 1. The number of hydrogen-bond acceptors (Lipinski definition) is 1. The van der Waals surface area contributed by atoms with Gasteiger partial charge in [-0.3, -0.25) is 0 Å². The maximum Gasteiger partial charge on any atom is 0.106 e. The van der Waals surface area contributed by atoms with Crippen LogP contribution in [-0.4, -0.2) is 15.4 Å². The van der Waals surface area contributed by atoms with Gasteiger partial charge in [-0.25, -0.2) is 4.98 Å². The molecule has 3 heteroatoms. The molecule has 10 heavy (non-hydrogen) atoms. The van der Waals surface area contributed by atoms with Crippen LogP contribution in [0.1, 0.15) is 24.9 Å². The minimum absolute atomic E-state index is 0. The Bertz CT molecular complexity index is 183. The first-order chi connectivity index (χ1) is 4.33. The van der Waals surface area contributed by atoms with Crippen molar-refractivity contribution in [1.29, 1.82) is 0 Å². The number of imidazole rings is 1. The van der Waals surface area contributed by atoms with Crippen LogP contribution < -0.4 is 0 Å². The highest BCUT2D eigenvalue weighted by Crippen LogP contribution is 1.96. The molecule has 3 N–H and O–H groups in total. The van der Waals surface area contributed by atoms with Crippen LogP contribution in [0.5, 0.6) is 0 Å². The van der Waals surface area contributed by atoms with Crippen LogP contribution in [0.3, 0.4) is 0 Å². The molecule has 1 heterocycles. The standard InChI is InChI=1S/C7H12N2.H2O/c1-3-4-7-8-5-6(2)9-7;/h5H,3-4H2,1-2H3,(H,8,9);1H2. The number of nitrogens with one attached hydrogen (secondary N) is 1. The molecule has 1 aromatic rings. The quantitative estimate of drug-likeness (QED) is 0.653. The van der Waals surface area contributed by atoms with Crippen LogP contribution in [0.25, 0.3) is 0 Å². The predicted molar refractivity (Wildman–Crippen MR) is 40.9 cm³/mol. The third kappa shape index (κ3) is 2.19. The smallest absolute Gasteiger partial charge is 0.106 e. The summed E-state index contributed by atoms with van der Waals surface area (Å²) in [5.41, 5.74) is 1.15. The Morgan fingerprint density at radius 3 is 2.70 bits per heavy atom. The molecule has 1 rings (SSSR count). The van der Waals surface area contributed by atoms with Crippen LogP contribution in [-0.2, 0) is 6.42 Å². The monoisotopic (exact) mass is 142 g/mol. The van der Waals surface area contributed by atoms with Gasteiger partial charge in [0.25, 0.3) is 0 Å². The summed E-state index contributed by atoms with van der Waals surface area (Å²) in [7, 11) is 0. The normalized spacial score (nSPS) is 9.00. The molecule has 0 atom stereocenters. The largest absolute Gasteiger partial charge is 0.412 e. The summed E-state index contributed by atoms with van der Waals surface area (Å²) in [6.07, 6.45) is 4.09. The zero-order chi connectivity index (χ0) is 6.69. The Morgan fingerprint density at radius 1 is 1.60 bits per heavy atom. The number of nitrogens with zero attached hydrogens (tertiary/aromatic N) is 1. The molecule has 0 aliphatic heterocycles. The Labute approximate surface area is 60.8 Å². The second-order valence-electron chi connectivity index (χ2n) is 2.26. The summed E-state index contributed by atoms with van der Waals surface area (Å²) in [6.45, 7) is 4.17. The highest BCUT2D eigenvalue weighted by molar-refractivity contribution is 4.97. The molecule has 0 radical (unpaired) electrons. The van der Waals surface area contributed by atoms with Gasteiger partial charge < -0.3 is 10.5 Å². The van der Waals surface area contributed by atoms with Crippen LogP contribution in [0.4, 0.5) is 0 Å². The molecule has 0 saturated heterocycles. The third-order valence-electron chi connectivity index (χ3n) is 1.24. The van der Waals surface area contributed by atoms with E-state index in [-0.39, 0.29) is 5.48 Å². The number of aromatic nitrogens is 2. The van der Waals surface area contributed by atoms with Crippen LogP contribution in [0.15, 0.2) is 6.20 Å². The number of rotatable bonds is 2. The Kier molecular flexibility index (Phi) is 3.72. The van der Waals surface area contributed by atoms with Crippen molar-refractivity contribution in [3.63, 3.8) is 0 Å². The molecule has 0 spiro atoms. The van der Waals surface area contributed by atoms with Gasteiger partial charge in [0, 0.05) is 18.3 Å². The van der Waals surface area contributed by atoms with Gasteiger partial charge in [0.05, 0.1) is 0 Å². The highest BCUT2D eigenvalue weighted by atomic mass is 16.0. The first-order valence-corrected chi connectivity index (χ1v) is 3.33. The van der Waals surface area contributed by atoms with Gasteiger partial charge in [-0.2, -0.15) is 0 Å². The van der Waals surface area contributed by atoms with E-state index in [0.29, 0.717) is 0 Å². The van der Waals surface area contributed by atoms with Gasteiger partial charge in [0.15, 0.2) is 0 Å². The van der Waals surface area contributed by atoms with E-state index in [1.165, 1.54) is 0 Å². The van der Waals surface area contributed by atoms with Crippen molar-refractivity contribution in [2.24, 2.45) is 0 Å². The molecule has 1 aromatic heterocycles. The van der Waals surface area contributed by atoms with E-state index in [1.54, 1.807) is 0 Å². The van der Waals surface area contributed by atoms with Crippen molar-refractivity contribution < 1.29 is 5.48 Å². The zero-order valence-corrected chi connectivity index (χ0v) is 6.44. The Hall–Kier alpha value is -0.830. The molecule has 0 bridgehead atoms. The summed E-state index contributed by atoms with van der Waals surface area (Å²) < 4.78 is 0. The van der Waals surface area contributed by atoms with Crippen molar-refractivity contribution in [3.8, 4) is 0 Å². The first kappa shape index (κ1) is 9.17.